The van der Waals surface area contributed by atoms with Crippen molar-refractivity contribution in [2.24, 2.45) is 5.10 Å². The highest BCUT2D eigenvalue weighted by Gasteiger charge is 2.26. The standard InChI is InChI=1S/C27H32N4O/c1-4-5-12-21-27(2,3)32-25-19-17-22(18-20-25)26-28-30(23-13-8-6-9-14-23)31(29-26)24-15-10-7-11-16-24/h6-11,13-20H,4-5,12,21H2,1-3H3,(H,28,29). The van der Waals surface area contributed by atoms with E-state index >= 15 is 0 Å². The Balaban J connectivity index is 1.53. The van der Waals surface area contributed by atoms with E-state index in [4.69, 9.17) is 9.84 Å². The van der Waals surface area contributed by atoms with Gasteiger partial charge >= 0.3 is 0 Å². The first-order valence-corrected chi connectivity index (χ1v) is 11.4. The summed E-state index contributed by atoms with van der Waals surface area (Å²) in [5.41, 5.74) is 6.25. The lowest BCUT2D eigenvalue weighted by Crippen LogP contribution is -2.44. The van der Waals surface area contributed by atoms with Crippen LogP contribution in [0.5, 0.6) is 5.75 Å². The summed E-state index contributed by atoms with van der Waals surface area (Å²) < 4.78 is 6.27. The fourth-order valence-electron chi connectivity index (χ4n) is 3.76. The van der Waals surface area contributed by atoms with Crippen LogP contribution in [0.3, 0.4) is 0 Å². The molecule has 5 heteroatoms. The van der Waals surface area contributed by atoms with Crippen LogP contribution in [0.2, 0.25) is 0 Å². The largest absolute Gasteiger partial charge is 0.488 e. The molecule has 32 heavy (non-hydrogen) atoms. The highest BCUT2D eigenvalue weighted by atomic mass is 16.5. The van der Waals surface area contributed by atoms with Crippen LogP contribution in [0.25, 0.3) is 0 Å². The Hall–Kier alpha value is -3.47. The lowest BCUT2D eigenvalue weighted by Gasteiger charge is -2.27. The van der Waals surface area contributed by atoms with Gasteiger partial charge in [0.05, 0.1) is 11.4 Å². The lowest BCUT2D eigenvalue weighted by molar-refractivity contribution is 0.0962. The van der Waals surface area contributed by atoms with Crippen LogP contribution < -0.4 is 20.4 Å². The molecule has 3 aromatic rings. The van der Waals surface area contributed by atoms with Gasteiger partial charge in [-0.3, -0.25) is 5.43 Å². The summed E-state index contributed by atoms with van der Waals surface area (Å²) in [5, 5.41) is 8.70. The number of amidine groups is 1. The second-order valence-corrected chi connectivity index (χ2v) is 8.68. The zero-order chi connectivity index (χ0) is 22.4. The number of hydrazine groups is 2. The van der Waals surface area contributed by atoms with Crippen molar-refractivity contribution >= 4 is 17.2 Å². The lowest BCUT2D eigenvalue weighted by atomic mass is 10.0. The molecule has 1 heterocycles. The van der Waals surface area contributed by atoms with Crippen LogP contribution in [-0.2, 0) is 0 Å². The molecule has 1 N–H and O–H groups in total. The van der Waals surface area contributed by atoms with Crippen molar-refractivity contribution < 1.29 is 4.74 Å². The van der Waals surface area contributed by atoms with E-state index in [0.29, 0.717) is 0 Å². The minimum Gasteiger partial charge on any atom is -0.488 e. The van der Waals surface area contributed by atoms with Gasteiger partial charge in [0.2, 0.25) is 0 Å². The molecule has 1 aliphatic rings. The van der Waals surface area contributed by atoms with Gasteiger partial charge in [0.25, 0.3) is 0 Å². The van der Waals surface area contributed by atoms with Crippen LogP contribution in [0.1, 0.15) is 52.0 Å². The fraction of sp³-hybridized carbons (Fsp3) is 0.296. The Morgan fingerprint density at radius 1 is 0.812 bits per heavy atom. The molecule has 166 valence electrons. The van der Waals surface area contributed by atoms with Gasteiger partial charge in [0.1, 0.15) is 11.4 Å². The SMILES string of the molecule is CCCCCC(C)(C)Oc1ccc(C2=NN(c3ccccc3)N(c3ccccc3)N2)cc1. The Labute approximate surface area is 191 Å². The van der Waals surface area contributed by atoms with Gasteiger partial charge in [-0.25, -0.2) is 0 Å². The first kappa shape index (κ1) is 21.8. The molecule has 0 unspecified atom stereocenters. The molecule has 0 atom stereocenters. The van der Waals surface area contributed by atoms with Crippen molar-refractivity contribution in [3.63, 3.8) is 0 Å². The van der Waals surface area contributed by atoms with E-state index in [2.05, 4.69) is 50.5 Å². The first-order chi connectivity index (χ1) is 15.6. The van der Waals surface area contributed by atoms with E-state index < -0.39 is 0 Å². The molecule has 0 saturated heterocycles. The third-order valence-corrected chi connectivity index (χ3v) is 5.49. The number of hydrogen-bond donors (Lipinski definition) is 1. The summed E-state index contributed by atoms with van der Waals surface area (Å²) in [4.78, 5) is 0. The van der Waals surface area contributed by atoms with E-state index in [1.54, 1.807) is 0 Å². The predicted molar refractivity (Wildman–Crippen MR) is 133 cm³/mol. The summed E-state index contributed by atoms with van der Waals surface area (Å²) >= 11 is 0. The van der Waals surface area contributed by atoms with Crippen molar-refractivity contribution in [3.8, 4) is 5.75 Å². The van der Waals surface area contributed by atoms with Crippen molar-refractivity contribution in [2.75, 3.05) is 10.2 Å². The molecule has 0 radical (unpaired) electrons. The summed E-state index contributed by atoms with van der Waals surface area (Å²) in [6.45, 7) is 6.55. The molecular formula is C27H32N4O. The molecule has 4 rings (SSSR count). The Kier molecular flexibility index (Phi) is 6.64. The van der Waals surface area contributed by atoms with Gasteiger partial charge in [-0.05, 0) is 75.2 Å². The normalized spacial score (nSPS) is 13.7. The molecule has 0 spiro atoms. The number of nitrogens with one attached hydrogen (secondary N) is 1. The molecule has 3 aromatic carbocycles. The van der Waals surface area contributed by atoms with E-state index in [1.165, 1.54) is 19.3 Å². The minimum atomic E-state index is -0.173. The average molecular weight is 429 g/mol. The van der Waals surface area contributed by atoms with Crippen molar-refractivity contribution in [2.45, 2.75) is 52.1 Å². The molecule has 0 bridgehead atoms. The molecule has 0 amide bonds. The molecule has 0 saturated carbocycles. The monoisotopic (exact) mass is 428 g/mol. The van der Waals surface area contributed by atoms with E-state index in [9.17, 15) is 0 Å². The summed E-state index contributed by atoms with van der Waals surface area (Å²) in [6.07, 6.45) is 4.70. The Bertz CT molecular complexity index is 1020. The third kappa shape index (κ3) is 5.22. The van der Waals surface area contributed by atoms with Gasteiger partial charge < -0.3 is 4.74 Å². The van der Waals surface area contributed by atoms with Gasteiger partial charge in [-0.2, -0.15) is 10.2 Å². The number of para-hydroxylation sites is 2. The maximum Gasteiger partial charge on any atom is 0.176 e. The smallest absolute Gasteiger partial charge is 0.176 e. The zero-order valence-corrected chi connectivity index (χ0v) is 19.2. The highest BCUT2D eigenvalue weighted by Crippen LogP contribution is 2.27. The van der Waals surface area contributed by atoms with Crippen molar-refractivity contribution in [3.05, 3.63) is 90.5 Å². The van der Waals surface area contributed by atoms with Crippen molar-refractivity contribution in [1.29, 1.82) is 0 Å². The van der Waals surface area contributed by atoms with E-state index in [1.807, 2.05) is 70.9 Å². The second kappa shape index (κ2) is 9.77. The third-order valence-electron chi connectivity index (χ3n) is 5.49. The van der Waals surface area contributed by atoms with Crippen LogP contribution in [-0.4, -0.2) is 11.4 Å². The number of rotatable bonds is 9. The molecule has 0 aromatic heterocycles. The van der Waals surface area contributed by atoms with Gasteiger partial charge in [-0.1, -0.05) is 56.2 Å². The number of nitrogens with zero attached hydrogens (tertiary/aromatic N) is 3. The zero-order valence-electron chi connectivity index (χ0n) is 19.2. The molecule has 1 aliphatic heterocycles. The second-order valence-electron chi connectivity index (χ2n) is 8.68. The maximum atomic E-state index is 6.27. The van der Waals surface area contributed by atoms with E-state index in [0.717, 1.165) is 34.9 Å². The van der Waals surface area contributed by atoms with Crippen LogP contribution in [0.4, 0.5) is 11.4 Å². The predicted octanol–water partition coefficient (Wildman–Crippen LogP) is 6.53. The number of ether oxygens (including phenoxy) is 1. The summed E-state index contributed by atoms with van der Waals surface area (Å²) in [7, 11) is 0. The Morgan fingerprint density at radius 3 is 2.06 bits per heavy atom. The van der Waals surface area contributed by atoms with Crippen LogP contribution in [0, 0.1) is 0 Å². The topological polar surface area (TPSA) is 40.1 Å². The molecule has 0 fully saturated rings. The summed E-state index contributed by atoms with van der Waals surface area (Å²) in [5.74, 6) is 1.67. The number of benzene rings is 3. The molecule has 5 nitrogen and oxygen atoms in total. The summed E-state index contributed by atoms with van der Waals surface area (Å²) in [6, 6.07) is 28.4. The quantitative estimate of drug-likeness (QED) is 0.393. The number of hydrazone groups is 1. The van der Waals surface area contributed by atoms with Crippen LogP contribution in [0.15, 0.2) is 90.0 Å². The van der Waals surface area contributed by atoms with Gasteiger partial charge in [0.15, 0.2) is 5.84 Å². The first-order valence-electron chi connectivity index (χ1n) is 11.4. The maximum absolute atomic E-state index is 6.27. The minimum absolute atomic E-state index is 0.173. The fourth-order valence-corrected chi connectivity index (χ4v) is 3.76. The number of anilines is 2. The van der Waals surface area contributed by atoms with Crippen LogP contribution >= 0.6 is 0 Å². The average Bonchev–Trinajstić information content (AvgIpc) is 3.26. The Morgan fingerprint density at radius 2 is 1.44 bits per heavy atom. The van der Waals surface area contributed by atoms with Gasteiger partial charge in [-0.15, -0.1) is 5.10 Å². The molecule has 0 aliphatic carbocycles. The molecular weight excluding hydrogens is 396 g/mol. The number of unbranched alkanes of at least 4 members (excludes halogenated alkanes) is 2. The van der Waals surface area contributed by atoms with E-state index in [-0.39, 0.29) is 5.60 Å². The van der Waals surface area contributed by atoms with Crippen molar-refractivity contribution in [1.82, 2.24) is 5.43 Å². The van der Waals surface area contributed by atoms with Gasteiger partial charge in [0, 0.05) is 5.56 Å². The highest BCUT2D eigenvalue weighted by molar-refractivity contribution is 6.02. The number of hydrogen-bond acceptors (Lipinski definition) is 5.